The summed E-state index contributed by atoms with van der Waals surface area (Å²) in [6, 6.07) is 9.81. The summed E-state index contributed by atoms with van der Waals surface area (Å²) in [7, 11) is 0. The lowest BCUT2D eigenvalue weighted by Gasteiger charge is -2.17. The number of carbonyl (C=O) groups excluding carboxylic acids is 1. The molecule has 1 aromatic rings. The quantitative estimate of drug-likeness (QED) is 0.496. The van der Waals surface area contributed by atoms with Crippen LogP contribution in [0.2, 0.25) is 0 Å². The predicted octanol–water partition coefficient (Wildman–Crippen LogP) is 4.87. The first-order valence-corrected chi connectivity index (χ1v) is 7.16. The molecule has 0 saturated heterocycles. The molecule has 0 amide bonds. The molecule has 1 rings (SSSR count). The molecule has 0 aliphatic rings. The van der Waals surface area contributed by atoms with E-state index in [1.54, 1.807) is 0 Å². The summed E-state index contributed by atoms with van der Waals surface area (Å²) in [5.41, 5.74) is 1.02. The molecule has 0 aliphatic carbocycles. The third-order valence-electron chi connectivity index (χ3n) is 2.93. The minimum atomic E-state index is -0.557. The highest BCUT2D eigenvalue weighted by Gasteiger charge is 2.16. The molecule has 1 aromatic carbocycles. The van der Waals surface area contributed by atoms with Crippen molar-refractivity contribution < 1.29 is 14.3 Å². The third-order valence-corrected chi connectivity index (χ3v) is 2.93. The molecule has 0 radical (unpaired) electrons. The van der Waals surface area contributed by atoms with Gasteiger partial charge in [-0.15, -0.1) is 0 Å². The average molecular weight is 264 g/mol. The van der Waals surface area contributed by atoms with E-state index in [0.29, 0.717) is 6.61 Å². The largest absolute Gasteiger partial charge is 0.508 e. The monoisotopic (exact) mass is 264 g/mol. The first-order chi connectivity index (χ1) is 9.27. The summed E-state index contributed by atoms with van der Waals surface area (Å²) in [6.45, 7) is 4.64. The van der Waals surface area contributed by atoms with Crippen molar-refractivity contribution in [2.24, 2.45) is 0 Å². The first kappa shape index (κ1) is 15.5. The van der Waals surface area contributed by atoms with E-state index in [9.17, 15) is 4.79 Å². The molecule has 0 heterocycles. The highest BCUT2D eigenvalue weighted by molar-refractivity contribution is 5.60. The van der Waals surface area contributed by atoms with Crippen LogP contribution in [0.1, 0.15) is 57.6 Å². The molecule has 3 heteroatoms. The lowest BCUT2D eigenvalue weighted by atomic mass is 10.1. The van der Waals surface area contributed by atoms with E-state index >= 15 is 0 Å². The maximum absolute atomic E-state index is 11.6. The van der Waals surface area contributed by atoms with Gasteiger partial charge in [0.15, 0.2) is 0 Å². The Kier molecular flexibility index (Phi) is 7.71. The standard InChI is InChI=1S/C16H24O3/c1-3-5-9-13-18-16(17)19-15(10-4-2)14-11-7-6-8-12-14/h6-8,11-12,15H,3-5,9-10,13H2,1-2H3. The van der Waals surface area contributed by atoms with Crippen LogP contribution in [0.15, 0.2) is 30.3 Å². The van der Waals surface area contributed by atoms with Crippen molar-refractivity contribution in [2.75, 3.05) is 6.61 Å². The van der Waals surface area contributed by atoms with Gasteiger partial charge in [0.25, 0.3) is 0 Å². The molecule has 1 atom stereocenters. The number of benzene rings is 1. The van der Waals surface area contributed by atoms with Crippen molar-refractivity contribution in [1.29, 1.82) is 0 Å². The highest BCUT2D eigenvalue weighted by Crippen LogP contribution is 2.23. The van der Waals surface area contributed by atoms with E-state index in [-0.39, 0.29) is 6.10 Å². The Bertz CT molecular complexity index is 348. The topological polar surface area (TPSA) is 35.5 Å². The zero-order valence-corrected chi connectivity index (χ0v) is 11.9. The molecular formula is C16H24O3. The van der Waals surface area contributed by atoms with Crippen LogP contribution in [0.4, 0.5) is 4.79 Å². The summed E-state index contributed by atoms with van der Waals surface area (Å²) < 4.78 is 10.5. The molecule has 3 nitrogen and oxygen atoms in total. The van der Waals surface area contributed by atoms with Gasteiger partial charge in [0, 0.05) is 0 Å². The van der Waals surface area contributed by atoms with Crippen molar-refractivity contribution in [3.8, 4) is 0 Å². The molecule has 0 fully saturated rings. The Morgan fingerprint density at radius 1 is 1.11 bits per heavy atom. The van der Waals surface area contributed by atoms with Gasteiger partial charge >= 0.3 is 6.16 Å². The van der Waals surface area contributed by atoms with Crippen molar-refractivity contribution in [3.63, 3.8) is 0 Å². The predicted molar refractivity (Wildman–Crippen MR) is 76.0 cm³/mol. The zero-order chi connectivity index (χ0) is 13.9. The van der Waals surface area contributed by atoms with E-state index in [1.165, 1.54) is 0 Å². The lowest BCUT2D eigenvalue weighted by Crippen LogP contribution is -2.13. The summed E-state index contributed by atoms with van der Waals surface area (Å²) in [6.07, 6.45) is 4.10. The number of ether oxygens (including phenoxy) is 2. The Morgan fingerprint density at radius 3 is 2.47 bits per heavy atom. The number of unbranched alkanes of at least 4 members (excludes halogenated alkanes) is 2. The Labute approximate surface area is 115 Å². The maximum atomic E-state index is 11.6. The van der Waals surface area contributed by atoms with Gasteiger partial charge in [-0.05, 0) is 18.4 Å². The average Bonchev–Trinajstić information content (AvgIpc) is 2.44. The number of hydrogen-bond donors (Lipinski definition) is 0. The summed E-state index contributed by atoms with van der Waals surface area (Å²) in [5, 5.41) is 0. The second kappa shape index (κ2) is 9.42. The molecule has 0 saturated carbocycles. The van der Waals surface area contributed by atoms with Crippen molar-refractivity contribution in [3.05, 3.63) is 35.9 Å². The van der Waals surface area contributed by atoms with Gasteiger partial charge in [-0.3, -0.25) is 0 Å². The molecule has 0 spiro atoms. The van der Waals surface area contributed by atoms with E-state index < -0.39 is 6.16 Å². The minimum absolute atomic E-state index is 0.204. The van der Waals surface area contributed by atoms with E-state index in [4.69, 9.17) is 9.47 Å². The minimum Gasteiger partial charge on any atom is -0.434 e. The third kappa shape index (κ3) is 6.27. The van der Waals surface area contributed by atoms with Crippen LogP contribution in [0.5, 0.6) is 0 Å². The first-order valence-electron chi connectivity index (χ1n) is 7.16. The summed E-state index contributed by atoms with van der Waals surface area (Å²) >= 11 is 0. The van der Waals surface area contributed by atoms with Gasteiger partial charge < -0.3 is 9.47 Å². The van der Waals surface area contributed by atoms with Crippen LogP contribution in [0.3, 0.4) is 0 Å². The van der Waals surface area contributed by atoms with Gasteiger partial charge in [0.1, 0.15) is 6.10 Å². The van der Waals surface area contributed by atoms with Gasteiger partial charge in [-0.25, -0.2) is 4.79 Å². The Balaban J connectivity index is 2.43. The fourth-order valence-corrected chi connectivity index (χ4v) is 1.88. The van der Waals surface area contributed by atoms with Crippen LogP contribution < -0.4 is 0 Å². The molecule has 19 heavy (non-hydrogen) atoms. The molecule has 106 valence electrons. The fraction of sp³-hybridized carbons (Fsp3) is 0.562. The van der Waals surface area contributed by atoms with Crippen LogP contribution in [0.25, 0.3) is 0 Å². The number of hydrogen-bond acceptors (Lipinski definition) is 3. The SMILES string of the molecule is CCCCCOC(=O)OC(CCC)c1ccccc1. The van der Waals surface area contributed by atoms with Gasteiger partial charge in [0.2, 0.25) is 0 Å². The van der Waals surface area contributed by atoms with E-state index in [1.807, 2.05) is 30.3 Å². The van der Waals surface area contributed by atoms with Crippen LogP contribution in [-0.4, -0.2) is 12.8 Å². The van der Waals surface area contributed by atoms with Gasteiger partial charge in [-0.1, -0.05) is 63.4 Å². The maximum Gasteiger partial charge on any atom is 0.508 e. The van der Waals surface area contributed by atoms with Crippen molar-refractivity contribution in [1.82, 2.24) is 0 Å². The molecule has 0 bridgehead atoms. The van der Waals surface area contributed by atoms with Gasteiger partial charge in [-0.2, -0.15) is 0 Å². The van der Waals surface area contributed by atoms with E-state index in [2.05, 4.69) is 13.8 Å². The number of carbonyl (C=O) groups is 1. The molecular weight excluding hydrogens is 240 g/mol. The Hall–Kier alpha value is -1.51. The second-order valence-corrected chi connectivity index (χ2v) is 4.61. The van der Waals surface area contributed by atoms with Crippen LogP contribution in [-0.2, 0) is 9.47 Å². The normalized spacial score (nSPS) is 11.9. The smallest absolute Gasteiger partial charge is 0.434 e. The van der Waals surface area contributed by atoms with Gasteiger partial charge in [0.05, 0.1) is 6.61 Å². The lowest BCUT2D eigenvalue weighted by molar-refractivity contribution is 0.0189. The molecule has 0 aliphatic heterocycles. The highest BCUT2D eigenvalue weighted by atomic mass is 16.7. The second-order valence-electron chi connectivity index (χ2n) is 4.61. The number of rotatable bonds is 8. The van der Waals surface area contributed by atoms with Crippen LogP contribution in [0, 0.1) is 0 Å². The molecule has 1 unspecified atom stereocenters. The molecule has 0 N–H and O–H groups in total. The van der Waals surface area contributed by atoms with Crippen molar-refractivity contribution >= 4 is 6.16 Å². The zero-order valence-electron chi connectivity index (χ0n) is 11.9. The summed E-state index contributed by atoms with van der Waals surface area (Å²) in [5.74, 6) is 0. The fourth-order valence-electron chi connectivity index (χ4n) is 1.88. The van der Waals surface area contributed by atoms with E-state index in [0.717, 1.165) is 37.7 Å². The summed E-state index contributed by atoms with van der Waals surface area (Å²) in [4.78, 5) is 11.6. The van der Waals surface area contributed by atoms with Crippen molar-refractivity contribution in [2.45, 2.75) is 52.1 Å². The molecule has 0 aromatic heterocycles. The van der Waals surface area contributed by atoms with Crippen LogP contribution >= 0.6 is 0 Å². The Morgan fingerprint density at radius 2 is 1.84 bits per heavy atom.